The molecule has 11 heteroatoms. The molecule has 0 spiro atoms. The van der Waals surface area contributed by atoms with Crippen LogP contribution in [0.4, 0.5) is 24.8 Å². The highest BCUT2D eigenvalue weighted by atomic mass is 32.1. The van der Waals surface area contributed by atoms with E-state index in [2.05, 4.69) is 20.3 Å². The number of thiazole rings is 1. The van der Waals surface area contributed by atoms with E-state index in [0.717, 1.165) is 29.5 Å². The van der Waals surface area contributed by atoms with Gasteiger partial charge in [-0.2, -0.15) is 13.2 Å². The van der Waals surface area contributed by atoms with Crippen molar-refractivity contribution in [1.82, 2.24) is 15.0 Å². The summed E-state index contributed by atoms with van der Waals surface area (Å²) in [5.41, 5.74) is 1.24. The average molecular weight is 527 g/mol. The van der Waals surface area contributed by atoms with Crippen LogP contribution in [0.1, 0.15) is 44.0 Å². The maximum atomic E-state index is 13.1. The summed E-state index contributed by atoms with van der Waals surface area (Å²) in [5.74, 6) is -0.0888. The Morgan fingerprint density at radius 3 is 2.70 bits per heavy atom. The molecule has 1 aliphatic carbocycles. The Morgan fingerprint density at radius 1 is 1.14 bits per heavy atom. The van der Waals surface area contributed by atoms with E-state index in [0.29, 0.717) is 45.4 Å². The van der Waals surface area contributed by atoms with Crippen molar-refractivity contribution in [2.45, 2.75) is 31.5 Å². The smallest absolute Gasteiger partial charge is 0.416 e. The second-order valence-corrected chi connectivity index (χ2v) is 9.75. The highest BCUT2D eigenvalue weighted by Gasteiger charge is 2.41. The molecule has 0 amide bonds. The standard InChI is InChI=1S/C26H21F3N4O3S/c1-14-9-19(32-22(10-14)33-21-12-17(6-8-30-21)26(27,28)29)20-13-31-24(37-20)25(35)7-5-15-11-16(23(34)36-2)3-4-18(15)25/h3-4,6,8-13,35H,5,7H2,1-2H3,(H,30,32,33)/t25-/m1/s1. The van der Waals surface area contributed by atoms with Crippen LogP contribution in [0.5, 0.6) is 0 Å². The molecule has 3 heterocycles. The number of methoxy groups -OCH3 is 1. The van der Waals surface area contributed by atoms with Gasteiger partial charge in [0.2, 0.25) is 0 Å². The van der Waals surface area contributed by atoms with Crippen molar-refractivity contribution in [3.8, 4) is 10.6 Å². The predicted molar refractivity (Wildman–Crippen MR) is 132 cm³/mol. The first-order valence-corrected chi connectivity index (χ1v) is 12.1. The van der Waals surface area contributed by atoms with Crippen molar-refractivity contribution in [1.29, 1.82) is 0 Å². The van der Waals surface area contributed by atoms with Crippen molar-refractivity contribution in [2.24, 2.45) is 0 Å². The average Bonchev–Trinajstić information content (AvgIpc) is 3.49. The number of anilines is 2. The van der Waals surface area contributed by atoms with Gasteiger partial charge in [-0.3, -0.25) is 0 Å². The zero-order valence-corrected chi connectivity index (χ0v) is 20.6. The maximum absolute atomic E-state index is 13.1. The normalized spacial score (nSPS) is 16.9. The number of pyridine rings is 2. The number of nitrogens with zero attached hydrogens (tertiary/aromatic N) is 3. The SMILES string of the molecule is COC(=O)c1ccc2c(c1)CC[C@]2(O)c1ncc(-c2cc(C)cc(Nc3cc(C(F)(F)F)ccn3)n2)s1. The number of halogens is 3. The monoisotopic (exact) mass is 526 g/mol. The van der Waals surface area contributed by atoms with Crippen LogP contribution in [0.25, 0.3) is 10.6 Å². The summed E-state index contributed by atoms with van der Waals surface area (Å²) in [6.07, 6.45) is -0.788. The second kappa shape index (κ2) is 9.24. The highest BCUT2D eigenvalue weighted by molar-refractivity contribution is 7.15. The first-order chi connectivity index (χ1) is 17.6. The van der Waals surface area contributed by atoms with Crippen LogP contribution in [-0.2, 0) is 22.9 Å². The Hall–Kier alpha value is -3.83. The number of aliphatic hydroxyl groups is 1. The fourth-order valence-corrected chi connectivity index (χ4v) is 5.38. The number of aromatic nitrogens is 3. The zero-order chi connectivity index (χ0) is 26.4. The molecule has 37 heavy (non-hydrogen) atoms. The van der Waals surface area contributed by atoms with Gasteiger partial charge < -0.3 is 15.2 Å². The molecule has 0 saturated heterocycles. The number of carbonyl (C=O) groups excluding carboxylic acids is 1. The minimum Gasteiger partial charge on any atom is -0.465 e. The fourth-order valence-electron chi connectivity index (χ4n) is 4.37. The maximum Gasteiger partial charge on any atom is 0.416 e. The number of hydrogen-bond donors (Lipinski definition) is 2. The molecule has 0 aliphatic heterocycles. The van der Waals surface area contributed by atoms with Gasteiger partial charge in [0.15, 0.2) is 0 Å². The molecule has 1 aromatic carbocycles. The molecule has 0 saturated carbocycles. The fraction of sp³-hybridized carbons (Fsp3) is 0.231. The van der Waals surface area contributed by atoms with E-state index >= 15 is 0 Å². The Labute approximate surface area is 214 Å². The summed E-state index contributed by atoms with van der Waals surface area (Å²) in [7, 11) is 1.32. The van der Waals surface area contributed by atoms with Crippen molar-refractivity contribution in [3.63, 3.8) is 0 Å². The van der Waals surface area contributed by atoms with Gasteiger partial charge in [-0.1, -0.05) is 6.07 Å². The first-order valence-electron chi connectivity index (χ1n) is 11.3. The minimum atomic E-state index is -4.48. The number of nitrogens with one attached hydrogen (secondary N) is 1. The Balaban J connectivity index is 1.43. The lowest BCUT2D eigenvalue weighted by atomic mass is 9.96. The van der Waals surface area contributed by atoms with Gasteiger partial charge in [-0.05, 0) is 72.9 Å². The molecule has 0 radical (unpaired) electrons. The lowest BCUT2D eigenvalue weighted by Crippen LogP contribution is -2.23. The van der Waals surface area contributed by atoms with Gasteiger partial charge in [0.1, 0.15) is 22.2 Å². The third-order valence-corrected chi connectivity index (χ3v) is 7.32. The summed E-state index contributed by atoms with van der Waals surface area (Å²) >= 11 is 1.28. The van der Waals surface area contributed by atoms with Crippen molar-refractivity contribution >= 4 is 28.9 Å². The Morgan fingerprint density at radius 2 is 1.95 bits per heavy atom. The van der Waals surface area contributed by atoms with Crippen molar-refractivity contribution < 1.29 is 27.8 Å². The molecule has 4 aromatic rings. The molecule has 0 bridgehead atoms. The molecule has 1 atom stereocenters. The molecular formula is C26H21F3N4O3S. The van der Waals surface area contributed by atoms with E-state index in [9.17, 15) is 23.1 Å². The molecule has 1 aliphatic rings. The van der Waals surface area contributed by atoms with Gasteiger partial charge in [0.05, 0.1) is 28.8 Å². The molecule has 3 aromatic heterocycles. The Bertz CT molecular complexity index is 1500. The van der Waals surface area contributed by atoms with E-state index in [4.69, 9.17) is 4.74 Å². The Kier molecular flexibility index (Phi) is 6.20. The summed E-state index contributed by atoms with van der Waals surface area (Å²) < 4.78 is 44.0. The van der Waals surface area contributed by atoms with Gasteiger partial charge in [0.25, 0.3) is 0 Å². The lowest BCUT2D eigenvalue weighted by molar-refractivity contribution is -0.137. The van der Waals surface area contributed by atoms with Crippen LogP contribution in [0.15, 0.2) is 54.9 Å². The van der Waals surface area contributed by atoms with Crippen LogP contribution in [0.3, 0.4) is 0 Å². The third kappa shape index (κ3) is 4.79. The summed E-state index contributed by atoms with van der Waals surface area (Å²) in [6.45, 7) is 1.84. The van der Waals surface area contributed by atoms with Crippen LogP contribution in [0.2, 0.25) is 0 Å². The van der Waals surface area contributed by atoms with Gasteiger partial charge in [-0.15, -0.1) is 11.3 Å². The lowest BCUT2D eigenvalue weighted by Gasteiger charge is -2.21. The molecular weight excluding hydrogens is 505 g/mol. The molecule has 7 nitrogen and oxygen atoms in total. The minimum absolute atomic E-state index is 0.0204. The van der Waals surface area contributed by atoms with E-state index in [1.807, 2.05) is 13.0 Å². The van der Waals surface area contributed by atoms with Crippen LogP contribution < -0.4 is 5.32 Å². The number of alkyl halides is 3. The van der Waals surface area contributed by atoms with Gasteiger partial charge in [-0.25, -0.2) is 19.7 Å². The number of benzene rings is 1. The number of fused-ring (bicyclic) bond motifs is 1. The quantitative estimate of drug-likeness (QED) is 0.325. The van der Waals surface area contributed by atoms with Crippen molar-refractivity contribution in [2.75, 3.05) is 12.4 Å². The second-order valence-electron chi connectivity index (χ2n) is 8.72. The molecule has 0 fully saturated rings. The predicted octanol–water partition coefficient (Wildman–Crippen LogP) is 5.64. The largest absolute Gasteiger partial charge is 0.465 e. The number of hydrogen-bond acceptors (Lipinski definition) is 8. The van der Waals surface area contributed by atoms with E-state index < -0.39 is 23.3 Å². The number of ether oxygens (including phenoxy) is 1. The number of rotatable bonds is 5. The number of esters is 1. The summed E-state index contributed by atoms with van der Waals surface area (Å²) in [6, 6.07) is 10.4. The zero-order valence-electron chi connectivity index (χ0n) is 19.8. The van der Waals surface area contributed by atoms with Crippen LogP contribution in [0, 0.1) is 6.92 Å². The first kappa shape index (κ1) is 24.8. The van der Waals surface area contributed by atoms with Crippen LogP contribution in [-0.4, -0.2) is 33.1 Å². The third-order valence-electron chi connectivity index (χ3n) is 6.15. The summed E-state index contributed by atoms with van der Waals surface area (Å²) in [4.78, 5) is 25.6. The molecule has 190 valence electrons. The topological polar surface area (TPSA) is 97.2 Å². The molecule has 2 N–H and O–H groups in total. The van der Waals surface area contributed by atoms with E-state index in [-0.39, 0.29) is 5.82 Å². The van der Waals surface area contributed by atoms with Gasteiger partial charge in [0, 0.05) is 12.4 Å². The highest BCUT2D eigenvalue weighted by Crippen LogP contribution is 2.45. The van der Waals surface area contributed by atoms with Crippen LogP contribution >= 0.6 is 11.3 Å². The molecule has 0 unspecified atom stereocenters. The number of carbonyl (C=O) groups is 1. The van der Waals surface area contributed by atoms with Gasteiger partial charge >= 0.3 is 12.1 Å². The molecule has 5 rings (SSSR count). The number of aryl methyl sites for hydroxylation is 2. The van der Waals surface area contributed by atoms with E-state index in [1.165, 1.54) is 18.4 Å². The van der Waals surface area contributed by atoms with Crippen molar-refractivity contribution in [3.05, 3.63) is 87.7 Å². The van der Waals surface area contributed by atoms with E-state index in [1.54, 1.807) is 30.5 Å². The summed E-state index contributed by atoms with van der Waals surface area (Å²) in [5, 5.41) is 14.9.